The fourth-order valence-corrected chi connectivity index (χ4v) is 3.80. The second-order valence-electron chi connectivity index (χ2n) is 6.22. The van der Waals surface area contributed by atoms with Crippen molar-refractivity contribution in [1.82, 2.24) is 4.90 Å². The number of hydrogen-bond donors (Lipinski definition) is 0. The summed E-state index contributed by atoms with van der Waals surface area (Å²) in [6.07, 6.45) is 0.337. The Morgan fingerprint density at radius 3 is 2.74 bits per heavy atom. The largest absolute Gasteiger partial charge is 0.443 e. The maximum atomic E-state index is 13.0. The highest BCUT2D eigenvalue weighted by Gasteiger charge is 2.29. The Morgan fingerprint density at radius 2 is 2.04 bits per heavy atom. The maximum absolute atomic E-state index is 13.0. The number of furan rings is 1. The van der Waals surface area contributed by atoms with E-state index in [2.05, 4.69) is 5.16 Å². The van der Waals surface area contributed by atoms with E-state index in [1.54, 1.807) is 17.0 Å². The second-order valence-corrected chi connectivity index (χ2v) is 7.54. The normalized spacial score (nSPS) is 16.0. The first-order valence-electron chi connectivity index (χ1n) is 8.54. The molecule has 0 N–H and O–H groups in total. The predicted molar refractivity (Wildman–Crippen MR) is 105 cm³/mol. The van der Waals surface area contributed by atoms with Crippen molar-refractivity contribution in [2.24, 2.45) is 5.16 Å². The zero-order valence-corrected chi connectivity index (χ0v) is 15.9. The van der Waals surface area contributed by atoms with E-state index >= 15 is 0 Å². The van der Waals surface area contributed by atoms with E-state index < -0.39 is 0 Å². The summed E-state index contributed by atoms with van der Waals surface area (Å²) in [4.78, 5) is 21.0. The third-order valence-electron chi connectivity index (χ3n) is 4.25. The van der Waals surface area contributed by atoms with Crippen molar-refractivity contribution in [2.45, 2.75) is 19.1 Å². The standard InChI is InChI=1S/C20H17ClN2O3S/c21-19-9-8-17(25-19)16-11-15(26-22-16)13-23(12-14-5-2-1-3-6-14)20(24)18-7-4-10-27-18/h1-10,15H,11-13H2/t15-/m1/s1. The molecule has 1 aliphatic rings. The van der Waals surface area contributed by atoms with E-state index in [0.717, 1.165) is 5.56 Å². The van der Waals surface area contributed by atoms with Crippen LogP contribution in [0.25, 0.3) is 0 Å². The van der Waals surface area contributed by atoms with Crippen LogP contribution < -0.4 is 0 Å². The lowest BCUT2D eigenvalue weighted by molar-refractivity contribution is 0.0408. The van der Waals surface area contributed by atoms with Crippen LogP contribution in [-0.4, -0.2) is 29.2 Å². The van der Waals surface area contributed by atoms with E-state index in [-0.39, 0.29) is 12.0 Å². The molecule has 27 heavy (non-hydrogen) atoms. The highest BCUT2D eigenvalue weighted by Crippen LogP contribution is 2.23. The number of amides is 1. The molecule has 0 unspecified atom stereocenters. The van der Waals surface area contributed by atoms with Crippen LogP contribution in [0.5, 0.6) is 0 Å². The molecule has 0 bridgehead atoms. The van der Waals surface area contributed by atoms with Gasteiger partial charge in [0.1, 0.15) is 5.71 Å². The molecule has 0 radical (unpaired) electrons. The quantitative estimate of drug-likeness (QED) is 0.595. The van der Waals surface area contributed by atoms with Gasteiger partial charge in [0.2, 0.25) is 0 Å². The molecule has 138 valence electrons. The Kier molecular flexibility index (Phi) is 5.27. The van der Waals surface area contributed by atoms with Crippen LogP contribution in [0.4, 0.5) is 0 Å². The minimum absolute atomic E-state index is 0.00746. The first-order valence-corrected chi connectivity index (χ1v) is 9.80. The molecular formula is C20H17ClN2O3S. The highest BCUT2D eigenvalue weighted by atomic mass is 35.5. The van der Waals surface area contributed by atoms with Crippen molar-refractivity contribution in [2.75, 3.05) is 6.54 Å². The smallest absolute Gasteiger partial charge is 0.264 e. The van der Waals surface area contributed by atoms with Crippen LogP contribution in [0.1, 0.15) is 27.4 Å². The van der Waals surface area contributed by atoms with Crippen LogP contribution >= 0.6 is 22.9 Å². The lowest BCUT2D eigenvalue weighted by Gasteiger charge is -2.24. The SMILES string of the molecule is O=C(c1cccs1)N(Cc1ccccc1)C[C@H]1CC(c2ccc(Cl)o2)=NO1. The number of thiophene rings is 1. The molecule has 0 saturated heterocycles. The van der Waals surface area contributed by atoms with E-state index in [9.17, 15) is 4.79 Å². The van der Waals surface area contributed by atoms with Gasteiger partial charge in [0.05, 0.1) is 11.4 Å². The number of rotatable bonds is 6. The van der Waals surface area contributed by atoms with Gasteiger partial charge in [0.25, 0.3) is 5.91 Å². The first kappa shape index (κ1) is 17.8. The van der Waals surface area contributed by atoms with E-state index in [1.807, 2.05) is 47.8 Å². The maximum Gasteiger partial charge on any atom is 0.264 e. The molecule has 1 aromatic carbocycles. The van der Waals surface area contributed by atoms with Crippen LogP contribution in [0.15, 0.2) is 69.6 Å². The number of benzene rings is 1. The van der Waals surface area contributed by atoms with Gasteiger partial charge in [-0.3, -0.25) is 4.79 Å². The lowest BCUT2D eigenvalue weighted by atomic mass is 10.1. The summed E-state index contributed by atoms with van der Waals surface area (Å²) in [5.74, 6) is 0.591. The molecule has 0 fully saturated rings. The van der Waals surface area contributed by atoms with E-state index in [1.165, 1.54) is 11.3 Å². The average Bonchev–Trinajstić information content (AvgIpc) is 3.43. The Bertz CT molecular complexity index is 937. The summed E-state index contributed by atoms with van der Waals surface area (Å²) < 4.78 is 5.40. The zero-order valence-electron chi connectivity index (χ0n) is 14.4. The van der Waals surface area contributed by atoms with Gasteiger partial charge in [-0.25, -0.2) is 0 Å². The van der Waals surface area contributed by atoms with Gasteiger partial charge in [-0.05, 0) is 40.7 Å². The molecule has 1 amide bonds. The van der Waals surface area contributed by atoms with E-state index in [4.69, 9.17) is 20.9 Å². The van der Waals surface area contributed by atoms with Gasteiger partial charge in [-0.1, -0.05) is 41.6 Å². The lowest BCUT2D eigenvalue weighted by Crippen LogP contribution is -2.37. The van der Waals surface area contributed by atoms with Crippen LogP contribution in [-0.2, 0) is 11.4 Å². The Labute approximate surface area is 165 Å². The summed E-state index contributed by atoms with van der Waals surface area (Å²) >= 11 is 7.27. The average molecular weight is 401 g/mol. The van der Waals surface area contributed by atoms with Crippen LogP contribution in [0.3, 0.4) is 0 Å². The van der Waals surface area contributed by atoms with Crippen molar-refractivity contribution in [3.63, 3.8) is 0 Å². The number of nitrogens with zero attached hydrogens (tertiary/aromatic N) is 2. The summed E-state index contributed by atoms with van der Waals surface area (Å²) in [7, 11) is 0. The molecule has 7 heteroatoms. The van der Waals surface area contributed by atoms with Crippen molar-refractivity contribution in [3.8, 4) is 0 Å². The van der Waals surface area contributed by atoms with Crippen molar-refractivity contribution in [1.29, 1.82) is 0 Å². The minimum Gasteiger partial charge on any atom is -0.443 e. The van der Waals surface area contributed by atoms with E-state index in [0.29, 0.717) is 41.1 Å². The number of halogens is 1. The van der Waals surface area contributed by atoms with Gasteiger partial charge in [0.15, 0.2) is 17.1 Å². The molecule has 1 aliphatic heterocycles. The van der Waals surface area contributed by atoms with Crippen LogP contribution in [0.2, 0.25) is 5.22 Å². The number of carbonyl (C=O) groups excluding carboxylic acids is 1. The Hall–Kier alpha value is -2.57. The molecular weight excluding hydrogens is 384 g/mol. The number of carbonyl (C=O) groups is 1. The molecule has 1 atom stereocenters. The van der Waals surface area contributed by atoms with Gasteiger partial charge >= 0.3 is 0 Å². The third-order valence-corrected chi connectivity index (χ3v) is 5.31. The van der Waals surface area contributed by atoms with Gasteiger partial charge < -0.3 is 14.2 Å². The molecule has 2 aromatic heterocycles. The first-order chi connectivity index (χ1) is 13.2. The van der Waals surface area contributed by atoms with Crippen molar-refractivity contribution >= 4 is 34.6 Å². The molecule has 5 nitrogen and oxygen atoms in total. The Balaban J connectivity index is 1.47. The fraction of sp³-hybridized carbons (Fsp3) is 0.200. The number of oxime groups is 1. The minimum atomic E-state index is -0.225. The summed E-state index contributed by atoms with van der Waals surface area (Å²) in [6.45, 7) is 0.951. The molecule has 0 aliphatic carbocycles. The number of hydrogen-bond acceptors (Lipinski definition) is 5. The van der Waals surface area contributed by atoms with Gasteiger partial charge in [0, 0.05) is 13.0 Å². The van der Waals surface area contributed by atoms with Crippen molar-refractivity contribution in [3.05, 3.63) is 81.4 Å². The zero-order chi connectivity index (χ0) is 18.6. The topological polar surface area (TPSA) is 55.0 Å². The van der Waals surface area contributed by atoms with Gasteiger partial charge in [-0.2, -0.15) is 0 Å². The molecule has 4 rings (SSSR count). The monoisotopic (exact) mass is 400 g/mol. The summed E-state index contributed by atoms with van der Waals surface area (Å²) in [6, 6.07) is 17.1. The van der Waals surface area contributed by atoms with Gasteiger partial charge in [-0.15, -0.1) is 11.3 Å². The molecule has 0 saturated carbocycles. The van der Waals surface area contributed by atoms with Crippen LogP contribution in [0, 0.1) is 0 Å². The molecule has 0 spiro atoms. The van der Waals surface area contributed by atoms with Crippen molar-refractivity contribution < 1.29 is 14.0 Å². The molecule has 3 aromatic rings. The summed E-state index contributed by atoms with van der Waals surface area (Å²) in [5, 5.41) is 6.33. The summed E-state index contributed by atoms with van der Waals surface area (Å²) in [5.41, 5.74) is 1.77. The second kappa shape index (κ2) is 7.98. The predicted octanol–water partition coefficient (Wildman–Crippen LogP) is 4.83. The third kappa shape index (κ3) is 4.23. The Morgan fingerprint density at radius 1 is 1.19 bits per heavy atom. The fourth-order valence-electron chi connectivity index (χ4n) is 2.97. The highest BCUT2D eigenvalue weighted by molar-refractivity contribution is 7.12. The molecule has 3 heterocycles.